The highest BCUT2D eigenvalue weighted by Gasteiger charge is 2.22. The molecule has 1 aliphatic carbocycles. The zero-order valence-electron chi connectivity index (χ0n) is 21.1. The van der Waals surface area contributed by atoms with Crippen LogP contribution in [0.1, 0.15) is 126 Å². The average molecular weight is 445 g/mol. The second kappa shape index (κ2) is 14.2. The zero-order valence-corrected chi connectivity index (χ0v) is 21.1. The van der Waals surface area contributed by atoms with Crippen molar-refractivity contribution in [1.29, 1.82) is 5.26 Å². The first-order chi connectivity index (χ1) is 16.2. The second-order valence-electron chi connectivity index (χ2n) is 10.2. The van der Waals surface area contributed by atoms with Crippen molar-refractivity contribution in [3.63, 3.8) is 0 Å². The number of aryl methyl sites for hydroxylation is 1. The van der Waals surface area contributed by atoms with E-state index >= 15 is 0 Å². The van der Waals surface area contributed by atoms with Gasteiger partial charge in [0.25, 0.3) is 0 Å². The van der Waals surface area contributed by atoms with Gasteiger partial charge >= 0.3 is 0 Å². The number of nitriles is 1. The highest BCUT2D eigenvalue weighted by Crippen LogP contribution is 2.38. The molecular weight excluding hydrogens is 400 g/mol. The van der Waals surface area contributed by atoms with Gasteiger partial charge in [0.15, 0.2) is 0 Å². The van der Waals surface area contributed by atoms with Crippen LogP contribution in [0.25, 0.3) is 11.3 Å². The molecule has 0 unspecified atom stereocenters. The summed E-state index contributed by atoms with van der Waals surface area (Å²) in [5.41, 5.74) is 5.22. The Labute approximate surface area is 202 Å². The van der Waals surface area contributed by atoms with E-state index in [2.05, 4.69) is 56.3 Å². The Morgan fingerprint density at radius 3 is 2.15 bits per heavy atom. The molecule has 33 heavy (non-hydrogen) atoms. The Morgan fingerprint density at radius 1 is 0.788 bits per heavy atom. The van der Waals surface area contributed by atoms with Gasteiger partial charge in [0.2, 0.25) is 0 Å². The van der Waals surface area contributed by atoms with E-state index in [1.165, 1.54) is 89.0 Å². The van der Waals surface area contributed by atoms with Gasteiger partial charge in [0.05, 0.1) is 5.69 Å². The normalized spacial score (nSPS) is 18.2. The van der Waals surface area contributed by atoms with Crippen molar-refractivity contribution in [1.82, 2.24) is 4.98 Å². The lowest BCUT2D eigenvalue weighted by atomic mass is 9.77. The first kappa shape index (κ1) is 25.5. The first-order valence-corrected chi connectivity index (χ1v) is 13.8. The topological polar surface area (TPSA) is 36.7 Å². The van der Waals surface area contributed by atoms with Gasteiger partial charge in [0.1, 0.15) is 11.8 Å². The number of aromatic nitrogens is 1. The maximum absolute atomic E-state index is 9.65. The van der Waals surface area contributed by atoms with E-state index in [0.717, 1.165) is 35.6 Å². The SMILES string of the molecule is CCCCCCCCc1ccc(-c2ccc(C3CCC(CCCCC)CC3)cc2)nc1C#N. The second-order valence-corrected chi connectivity index (χ2v) is 10.2. The van der Waals surface area contributed by atoms with Crippen molar-refractivity contribution in [3.05, 3.63) is 53.2 Å². The van der Waals surface area contributed by atoms with Crippen molar-refractivity contribution >= 4 is 0 Å². The van der Waals surface area contributed by atoms with E-state index in [1.54, 1.807) is 0 Å². The molecule has 1 heterocycles. The van der Waals surface area contributed by atoms with Crippen molar-refractivity contribution in [3.8, 4) is 17.3 Å². The lowest BCUT2D eigenvalue weighted by molar-refractivity contribution is 0.303. The first-order valence-electron chi connectivity index (χ1n) is 13.8. The molecule has 1 aliphatic rings. The van der Waals surface area contributed by atoms with Gasteiger partial charge in [0, 0.05) is 5.56 Å². The van der Waals surface area contributed by atoms with Crippen LogP contribution in [0.15, 0.2) is 36.4 Å². The fourth-order valence-electron chi connectivity index (χ4n) is 5.44. The molecule has 0 bridgehead atoms. The smallest absolute Gasteiger partial charge is 0.144 e. The molecule has 0 atom stereocenters. The number of hydrogen-bond donors (Lipinski definition) is 0. The van der Waals surface area contributed by atoms with E-state index in [0.29, 0.717) is 11.6 Å². The number of benzene rings is 1. The molecule has 0 spiro atoms. The number of rotatable bonds is 13. The third-order valence-corrected chi connectivity index (χ3v) is 7.62. The molecule has 0 amide bonds. The predicted octanol–water partition coefficient (Wildman–Crippen LogP) is 9.38. The van der Waals surface area contributed by atoms with Gasteiger partial charge in [-0.25, -0.2) is 4.98 Å². The van der Waals surface area contributed by atoms with Crippen LogP contribution in [0.4, 0.5) is 0 Å². The molecule has 1 fully saturated rings. The highest BCUT2D eigenvalue weighted by molar-refractivity contribution is 5.61. The molecular formula is C31H44N2. The summed E-state index contributed by atoms with van der Waals surface area (Å²) in [6.45, 7) is 4.54. The van der Waals surface area contributed by atoms with Crippen LogP contribution in [0, 0.1) is 17.2 Å². The zero-order chi connectivity index (χ0) is 23.3. The van der Waals surface area contributed by atoms with Gasteiger partial charge in [-0.1, -0.05) is 102 Å². The van der Waals surface area contributed by atoms with Crippen LogP contribution in [0.5, 0.6) is 0 Å². The molecule has 0 aliphatic heterocycles. The molecule has 2 nitrogen and oxygen atoms in total. The highest BCUT2D eigenvalue weighted by atomic mass is 14.7. The molecule has 2 heteroatoms. The van der Waals surface area contributed by atoms with Crippen LogP contribution in [-0.2, 0) is 6.42 Å². The van der Waals surface area contributed by atoms with Gasteiger partial charge < -0.3 is 0 Å². The number of hydrogen-bond acceptors (Lipinski definition) is 2. The Kier molecular flexibility index (Phi) is 11.0. The maximum atomic E-state index is 9.65. The van der Waals surface area contributed by atoms with Crippen LogP contribution >= 0.6 is 0 Å². The summed E-state index contributed by atoms with van der Waals surface area (Å²) < 4.78 is 0. The summed E-state index contributed by atoms with van der Waals surface area (Å²) in [5, 5.41) is 9.65. The Bertz CT molecular complexity index is 853. The Balaban J connectivity index is 1.53. The summed E-state index contributed by atoms with van der Waals surface area (Å²) >= 11 is 0. The summed E-state index contributed by atoms with van der Waals surface area (Å²) in [6.07, 6.45) is 19.6. The summed E-state index contributed by atoms with van der Waals surface area (Å²) in [5.74, 6) is 1.67. The summed E-state index contributed by atoms with van der Waals surface area (Å²) in [6, 6.07) is 15.6. The minimum atomic E-state index is 0.603. The standard InChI is InChI=1S/C31H44N2/c1-3-5-7-8-9-11-13-28-22-23-30(33-31(28)24-32)29-20-18-27(19-21-29)26-16-14-25(15-17-26)12-10-6-4-2/h18-23,25-26H,3-17H2,1-2H3. The maximum Gasteiger partial charge on any atom is 0.144 e. The van der Waals surface area contributed by atoms with Crippen molar-refractivity contribution in [2.45, 2.75) is 116 Å². The van der Waals surface area contributed by atoms with E-state index in [1.807, 2.05) is 0 Å². The third-order valence-electron chi connectivity index (χ3n) is 7.62. The van der Waals surface area contributed by atoms with Gasteiger partial charge in [-0.3, -0.25) is 0 Å². The molecule has 3 rings (SSSR count). The Hall–Kier alpha value is -2.14. The molecule has 0 N–H and O–H groups in total. The minimum absolute atomic E-state index is 0.603. The molecule has 0 radical (unpaired) electrons. The quantitative estimate of drug-likeness (QED) is 0.288. The van der Waals surface area contributed by atoms with Gasteiger partial charge in [-0.2, -0.15) is 5.26 Å². The van der Waals surface area contributed by atoms with E-state index < -0.39 is 0 Å². The molecule has 0 saturated heterocycles. The largest absolute Gasteiger partial charge is 0.237 e. The van der Waals surface area contributed by atoms with E-state index in [4.69, 9.17) is 4.98 Å². The van der Waals surface area contributed by atoms with Crippen molar-refractivity contribution in [2.75, 3.05) is 0 Å². The number of nitrogens with zero attached hydrogens (tertiary/aromatic N) is 2. The average Bonchev–Trinajstić information content (AvgIpc) is 2.87. The summed E-state index contributed by atoms with van der Waals surface area (Å²) in [7, 11) is 0. The van der Waals surface area contributed by atoms with Crippen molar-refractivity contribution in [2.24, 2.45) is 5.92 Å². The van der Waals surface area contributed by atoms with Crippen LogP contribution in [-0.4, -0.2) is 4.98 Å². The lowest BCUT2D eigenvalue weighted by Gasteiger charge is -2.29. The fraction of sp³-hybridized carbons (Fsp3) is 0.613. The molecule has 1 aromatic heterocycles. The van der Waals surface area contributed by atoms with E-state index in [9.17, 15) is 5.26 Å². The van der Waals surface area contributed by atoms with Gasteiger partial charge in [-0.05, 0) is 67.6 Å². The fourth-order valence-corrected chi connectivity index (χ4v) is 5.44. The van der Waals surface area contributed by atoms with Gasteiger partial charge in [-0.15, -0.1) is 0 Å². The van der Waals surface area contributed by atoms with E-state index in [-0.39, 0.29) is 0 Å². The molecule has 1 saturated carbocycles. The Morgan fingerprint density at radius 2 is 1.45 bits per heavy atom. The predicted molar refractivity (Wildman–Crippen MR) is 140 cm³/mol. The monoisotopic (exact) mass is 444 g/mol. The van der Waals surface area contributed by atoms with Crippen molar-refractivity contribution < 1.29 is 0 Å². The number of unbranched alkanes of at least 4 members (excludes halogenated alkanes) is 7. The van der Waals surface area contributed by atoms with Crippen LogP contribution < -0.4 is 0 Å². The molecule has 178 valence electrons. The lowest BCUT2D eigenvalue weighted by Crippen LogP contribution is -2.13. The van der Waals surface area contributed by atoms with Crippen LogP contribution in [0.2, 0.25) is 0 Å². The van der Waals surface area contributed by atoms with Crippen LogP contribution in [0.3, 0.4) is 0 Å². The minimum Gasteiger partial charge on any atom is -0.237 e. The molecule has 1 aromatic carbocycles. The molecule has 2 aromatic rings. The summed E-state index contributed by atoms with van der Waals surface area (Å²) in [4.78, 5) is 4.72. The number of pyridine rings is 1. The third kappa shape index (κ3) is 7.99.